The number of thiazole rings is 1. The van der Waals surface area contributed by atoms with Crippen LogP contribution in [0.15, 0.2) is 10.7 Å². The number of hydrogen-bond acceptors (Lipinski definition) is 6. The first-order valence-corrected chi connectivity index (χ1v) is 7.27. The summed E-state index contributed by atoms with van der Waals surface area (Å²) in [5.74, 6) is 0.186. The zero-order valence-electron chi connectivity index (χ0n) is 12.2. The topological polar surface area (TPSA) is 76.5 Å². The zero-order chi connectivity index (χ0) is 15.1. The molecule has 3 aromatic heterocycles. The summed E-state index contributed by atoms with van der Waals surface area (Å²) >= 11 is 1.63. The van der Waals surface area contributed by atoms with Gasteiger partial charge in [-0.05, 0) is 13.8 Å². The second-order valence-electron chi connectivity index (χ2n) is 4.94. The van der Waals surface area contributed by atoms with Crippen LogP contribution in [0.25, 0.3) is 4.96 Å². The molecule has 110 valence electrons. The van der Waals surface area contributed by atoms with E-state index < -0.39 is 0 Å². The SMILES string of the molecule is Cc1nc(C(=O)N(C)Cc2c(C)nc3sc(C)cn23)no1. The molecule has 0 radical (unpaired) electrons. The lowest BCUT2D eigenvalue weighted by Crippen LogP contribution is -2.28. The molecule has 0 spiro atoms. The fourth-order valence-corrected chi connectivity index (χ4v) is 3.04. The van der Waals surface area contributed by atoms with E-state index in [1.807, 2.05) is 24.4 Å². The highest BCUT2D eigenvalue weighted by molar-refractivity contribution is 7.17. The maximum Gasteiger partial charge on any atom is 0.295 e. The number of aryl methyl sites for hydroxylation is 3. The van der Waals surface area contributed by atoms with Crippen molar-refractivity contribution in [2.24, 2.45) is 0 Å². The smallest absolute Gasteiger partial charge is 0.295 e. The number of imidazole rings is 1. The Kier molecular flexibility index (Phi) is 3.25. The minimum Gasteiger partial charge on any atom is -0.339 e. The first-order chi connectivity index (χ1) is 9.95. The van der Waals surface area contributed by atoms with Crippen LogP contribution in [-0.4, -0.2) is 37.4 Å². The van der Waals surface area contributed by atoms with E-state index in [1.54, 1.807) is 30.2 Å². The molecule has 0 fully saturated rings. The van der Waals surface area contributed by atoms with Crippen molar-refractivity contribution in [1.29, 1.82) is 0 Å². The molecule has 8 heteroatoms. The van der Waals surface area contributed by atoms with Crippen molar-refractivity contribution in [3.8, 4) is 0 Å². The maximum atomic E-state index is 12.3. The Morgan fingerprint density at radius 1 is 1.38 bits per heavy atom. The first kappa shape index (κ1) is 13.7. The Hall–Kier alpha value is -2.22. The molecule has 0 unspecified atom stereocenters. The van der Waals surface area contributed by atoms with Crippen LogP contribution in [0.3, 0.4) is 0 Å². The molecule has 1 amide bonds. The van der Waals surface area contributed by atoms with Crippen LogP contribution >= 0.6 is 11.3 Å². The van der Waals surface area contributed by atoms with Gasteiger partial charge >= 0.3 is 0 Å². The van der Waals surface area contributed by atoms with Gasteiger partial charge in [-0.2, -0.15) is 4.98 Å². The minimum absolute atomic E-state index is 0.0786. The summed E-state index contributed by atoms with van der Waals surface area (Å²) in [6.07, 6.45) is 2.03. The molecule has 0 aliphatic rings. The number of aromatic nitrogens is 4. The molecule has 7 nitrogen and oxygen atoms in total. The summed E-state index contributed by atoms with van der Waals surface area (Å²) in [6.45, 7) is 6.08. The molecule has 0 saturated heterocycles. The van der Waals surface area contributed by atoms with Crippen molar-refractivity contribution in [1.82, 2.24) is 24.4 Å². The molecule has 0 saturated carbocycles. The monoisotopic (exact) mass is 305 g/mol. The second kappa shape index (κ2) is 4.96. The Balaban J connectivity index is 1.87. The molecule has 21 heavy (non-hydrogen) atoms. The average Bonchev–Trinajstić information content (AvgIpc) is 3.07. The van der Waals surface area contributed by atoms with Gasteiger partial charge in [-0.25, -0.2) is 4.98 Å². The molecule has 0 aromatic carbocycles. The third-order valence-electron chi connectivity index (χ3n) is 3.19. The van der Waals surface area contributed by atoms with Gasteiger partial charge < -0.3 is 9.42 Å². The highest BCUT2D eigenvalue weighted by atomic mass is 32.1. The molecule has 0 N–H and O–H groups in total. The van der Waals surface area contributed by atoms with Crippen LogP contribution in [0.1, 0.15) is 32.8 Å². The fraction of sp³-hybridized carbons (Fsp3) is 0.385. The average molecular weight is 305 g/mol. The van der Waals surface area contributed by atoms with Crippen molar-refractivity contribution in [2.45, 2.75) is 27.3 Å². The molecule has 0 bridgehead atoms. The van der Waals surface area contributed by atoms with Crippen LogP contribution < -0.4 is 0 Å². The van der Waals surface area contributed by atoms with Crippen LogP contribution in [-0.2, 0) is 6.54 Å². The fourth-order valence-electron chi connectivity index (χ4n) is 2.15. The van der Waals surface area contributed by atoms with E-state index in [2.05, 4.69) is 15.1 Å². The zero-order valence-corrected chi connectivity index (χ0v) is 13.1. The Labute approximate surface area is 125 Å². The number of rotatable bonds is 3. The van der Waals surface area contributed by atoms with Gasteiger partial charge in [0, 0.05) is 25.0 Å². The molecule has 0 atom stereocenters. The van der Waals surface area contributed by atoms with Gasteiger partial charge in [0.2, 0.25) is 5.89 Å². The van der Waals surface area contributed by atoms with Gasteiger partial charge in [0.1, 0.15) is 0 Å². The first-order valence-electron chi connectivity index (χ1n) is 6.45. The summed E-state index contributed by atoms with van der Waals surface area (Å²) in [4.78, 5) is 24.4. The quantitative estimate of drug-likeness (QED) is 0.739. The third-order valence-corrected chi connectivity index (χ3v) is 4.09. The van der Waals surface area contributed by atoms with Crippen LogP contribution in [0.4, 0.5) is 0 Å². The lowest BCUT2D eigenvalue weighted by molar-refractivity contribution is 0.0767. The van der Waals surface area contributed by atoms with E-state index in [-0.39, 0.29) is 11.7 Å². The number of amides is 1. The molecule has 3 heterocycles. The van der Waals surface area contributed by atoms with Crippen molar-refractivity contribution < 1.29 is 9.32 Å². The van der Waals surface area contributed by atoms with Crippen molar-refractivity contribution in [3.63, 3.8) is 0 Å². The number of nitrogens with zero attached hydrogens (tertiary/aromatic N) is 5. The van der Waals surface area contributed by atoms with Crippen LogP contribution in [0.5, 0.6) is 0 Å². The van der Waals surface area contributed by atoms with Gasteiger partial charge in [-0.15, -0.1) is 11.3 Å². The Bertz CT molecular complexity index is 816. The van der Waals surface area contributed by atoms with E-state index in [0.717, 1.165) is 16.3 Å². The van der Waals surface area contributed by atoms with E-state index in [4.69, 9.17) is 4.52 Å². The van der Waals surface area contributed by atoms with E-state index in [0.29, 0.717) is 12.4 Å². The van der Waals surface area contributed by atoms with Gasteiger partial charge in [0.05, 0.1) is 17.9 Å². The number of carbonyl (C=O) groups is 1. The standard InChI is InChI=1S/C13H15N5O2S/c1-7-5-18-10(8(2)14-13(18)21-7)6-17(4)12(19)11-15-9(3)20-16-11/h5H,6H2,1-4H3. The van der Waals surface area contributed by atoms with Crippen molar-refractivity contribution >= 4 is 22.2 Å². The van der Waals surface area contributed by atoms with Gasteiger partial charge in [-0.3, -0.25) is 9.20 Å². The van der Waals surface area contributed by atoms with Crippen LogP contribution in [0, 0.1) is 20.8 Å². The predicted molar refractivity (Wildman–Crippen MR) is 77.4 cm³/mol. The lowest BCUT2D eigenvalue weighted by Gasteiger charge is -2.14. The van der Waals surface area contributed by atoms with Crippen molar-refractivity contribution in [2.75, 3.05) is 7.05 Å². The van der Waals surface area contributed by atoms with E-state index in [9.17, 15) is 4.79 Å². The molecule has 3 rings (SSSR count). The summed E-state index contributed by atoms with van der Waals surface area (Å²) in [5, 5.41) is 3.66. The van der Waals surface area contributed by atoms with Crippen LogP contribution in [0.2, 0.25) is 0 Å². The molecular weight excluding hydrogens is 290 g/mol. The molecular formula is C13H15N5O2S. The molecule has 3 aromatic rings. The number of fused-ring (bicyclic) bond motifs is 1. The summed E-state index contributed by atoms with van der Waals surface area (Å²) in [7, 11) is 1.71. The molecule has 0 aliphatic heterocycles. The lowest BCUT2D eigenvalue weighted by atomic mass is 10.3. The maximum absolute atomic E-state index is 12.3. The number of carbonyl (C=O) groups excluding carboxylic acids is 1. The van der Waals surface area contributed by atoms with Gasteiger partial charge in [-0.1, -0.05) is 5.16 Å². The summed E-state index contributed by atoms with van der Waals surface area (Å²) in [5.41, 5.74) is 1.91. The van der Waals surface area contributed by atoms with E-state index >= 15 is 0 Å². The minimum atomic E-state index is -0.270. The van der Waals surface area contributed by atoms with Crippen molar-refractivity contribution in [3.05, 3.63) is 34.2 Å². The third kappa shape index (κ3) is 2.42. The molecule has 0 aliphatic carbocycles. The second-order valence-corrected chi connectivity index (χ2v) is 6.15. The summed E-state index contributed by atoms with van der Waals surface area (Å²) in [6, 6.07) is 0. The predicted octanol–water partition coefficient (Wildman–Crippen LogP) is 1.98. The van der Waals surface area contributed by atoms with Gasteiger partial charge in [0.25, 0.3) is 11.7 Å². The Morgan fingerprint density at radius 2 is 2.14 bits per heavy atom. The highest BCUT2D eigenvalue weighted by Crippen LogP contribution is 2.21. The van der Waals surface area contributed by atoms with E-state index in [1.165, 1.54) is 4.88 Å². The van der Waals surface area contributed by atoms with Gasteiger partial charge in [0.15, 0.2) is 4.96 Å². The highest BCUT2D eigenvalue weighted by Gasteiger charge is 2.20. The Morgan fingerprint density at radius 3 is 2.81 bits per heavy atom. The largest absolute Gasteiger partial charge is 0.339 e. The normalized spacial score (nSPS) is 11.2. The summed E-state index contributed by atoms with van der Waals surface area (Å²) < 4.78 is 6.87. The number of hydrogen-bond donors (Lipinski definition) is 0.